The SMILES string of the molecule is Cc1ccc2c(c1)C(=O)NCCN(C(=O)CCC(F)(F)F)CCCC(=O)NCCO2. The second-order valence-electron chi connectivity index (χ2n) is 7.05. The number of nitrogens with zero attached hydrogens (tertiary/aromatic N) is 1. The van der Waals surface area contributed by atoms with Gasteiger partial charge in [0.1, 0.15) is 12.4 Å². The quantitative estimate of drug-likeness (QED) is 0.755. The predicted molar refractivity (Wildman–Crippen MR) is 103 cm³/mol. The Kier molecular flexibility index (Phi) is 8.49. The molecule has 30 heavy (non-hydrogen) atoms. The van der Waals surface area contributed by atoms with Crippen molar-refractivity contribution in [3.8, 4) is 5.75 Å². The van der Waals surface area contributed by atoms with Gasteiger partial charge in [-0.2, -0.15) is 13.2 Å². The molecule has 0 radical (unpaired) electrons. The van der Waals surface area contributed by atoms with Crippen LogP contribution in [0.15, 0.2) is 18.2 Å². The molecule has 1 aliphatic rings. The highest BCUT2D eigenvalue weighted by molar-refractivity contribution is 5.97. The van der Waals surface area contributed by atoms with E-state index in [9.17, 15) is 27.6 Å². The molecule has 7 nitrogen and oxygen atoms in total. The minimum absolute atomic E-state index is 0.0477. The van der Waals surface area contributed by atoms with E-state index < -0.39 is 30.8 Å². The van der Waals surface area contributed by atoms with Gasteiger partial charge in [0, 0.05) is 32.5 Å². The second kappa shape index (κ2) is 10.8. The molecule has 0 fully saturated rings. The van der Waals surface area contributed by atoms with Crippen molar-refractivity contribution < 1.29 is 32.3 Å². The summed E-state index contributed by atoms with van der Waals surface area (Å²) in [6, 6.07) is 5.12. The van der Waals surface area contributed by atoms with Crippen molar-refractivity contribution in [1.29, 1.82) is 0 Å². The van der Waals surface area contributed by atoms with Gasteiger partial charge in [0.2, 0.25) is 11.8 Å². The number of hydrogen-bond acceptors (Lipinski definition) is 4. The van der Waals surface area contributed by atoms with Gasteiger partial charge in [-0.3, -0.25) is 14.4 Å². The Morgan fingerprint density at radius 3 is 2.67 bits per heavy atom. The number of fused-ring (bicyclic) bond motifs is 1. The summed E-state index contributed by atoms with van der Waals surface area (Å²) in [4.78, 5) is 38.0. The first-order chi connectivity index (χ1) is 14.2. The number of halogens is 3. The third-order valence-corrected chi connectivity index (χ3v) is 4.54. The summed E-state index contributed by atoms with van der Waals surface area (Å²) in [6.07, 6.45) is -5.87. The predicted octanol–water partition coefficient (Wildman–Crippen LogP) is 2.18. The van der Waals surface area contributed by atoms with E-state index in [2.05, 4.69) is 10.6 Å². The molecule has 0 bridgehead atoms. The maximum atomic E-state index is 12.6. The lowest BCUT2D eigenvalue weighted by molar-refractivity contribution is -0.149. The van der Waals surface area contributed by atoms with Gasteiger partial charge in [-0.1, -0.05) is 11.6 Å². The van der Waals surface area contributed by atoms with Gasteiger partial charge in [-0.25, -0.2) is 0 Å². The lowest BCUT2D eigenvalue weighted by atomic mass is 10.1. The number of hydrogen-bond donors (Lipinski definition) is 2. The molecule has 1 heterocycles. The van der Waals surface area contributed by atoms with Gasteiger partial charge < -0.3 is 20.3 Å². The number of rotatable bonds is 2. The van der Waals surface area contributed by atoms with Gasteiger partial charge in [0.15, 0.2) is 0 Å². The van der Waals surface area contributed by atoms with E-state index in [0.717, 1.165) is 5.56 Å². The standard InChI is InChI=1S/C20H26F3N3O4/c1-14-4-5-16-15(13-14)19(29)25-8-11-26(18(28)6-7-20(21,22)23)10-2-3-17(27)24-9-12-30-16/h4-5,13H,2-3,6-12H2,1H3,(H,24,27)(H,25,29). The molecule has 0 saturated heterocycles. The lowest BCUT2D eigenvalue weighted by Gasteiger charge is -2.23. The summed E-state index contributed by atoms with van der Waals surface area (Å²) in [5.74, 6) is -0.948. The average Bonchev–Trinajstić information content (AvgIpc) is 2.68. The summed E-state index contributed by atoms with van der Waals surface area (Å²) >= 11 is 0. The molecule has 166 valence electrons. The fraction of sp³-hybridized carbons (Fsp3) is 0.550. The fourth-order valence-corrected chi connectivity index (χ4v) is 2.99. The van der Waals surface area contributed by atoms with Crippen LogP contribution in [0.3, 0.4) is 0 Å². The number of amides is 3. The zero-order valence-electron chi connectivity index (χ0n) is 16.8. The van der Waals surface area contributed by atoms with Gasteiger partial charge in [-0.05, 0) is 25.5 Å². The molecule has 3 amide bonds. The van der Waals surface area contributed by atoms with Gasteiger partial charge in [-0.15, -0.1) is 0 Å². The van der Waals surface area contributed by atoms with Crippen molar-refractivity contribution in [3.63, 3.8) is 0 Å². The second-order valence-corrected chi connectivity index (χ2v) is 7.05. The molecule has 10 heteroatoms. The van der Waals surface area contributed by atoms with E-state index in [1.807, 2.05) is 6.92 Å². The highest BCUT2D eigenvalue weighted by Gasteiger charge is 2.29. The molecule has 0 atom stereocenters. The molecule has 0 saturated carbocycles. The fourth-order valence-electron chi connectivity index (χ4n) is 2.99. The first-order valence-corrected chi connectivity index (χ1v) is 9.78. The van der Waals surface area contributed by atoms with Crippen molar-refractivity contribution in [1.82, 2.24) is 15.5 Å². The molecule has 0 aromatic heterocycles. The maximum absolute atomic E-state index is 12.6. The van der Waals surface area contributed by atoms with Crippen LogP contribution < -0.4 is 15.4 Å². The topological polar surface area (TPSA) is 87.7 Å². The Morgan fingerprint density at radius 2 is 1.93 bits per heavy atom. The Bertz CT molecular complexity index is 768. The van der Waals surface area contributed by atoms with Crippen LogP contribution in [0.2, 0.25) is 0 Å². The minimum atomic E-state index is -4.42. The van der Waals surface area contributed by atoms with Crippen molar-refractivity contribution in [2.75, 3.05) is 32.8 Å². The Balaban J connectivity index is 2.11. The van der Waals surface area contributed by atoms with Crippen LogP contribution in [0, 0.1) is 6.92 Å². The molecular formula is C20H26F3N3O4. The van der Waals surface area contributed by atoms with Crippen LogP contribution >= 0.6 is 0 Å². The number of carbonyl (C=O) groups is 3. The summed E-state index contributed by atoms with van der Waals surface area (Å²) in [7, 11) is 0. The molecule has 1 aliphatic heterocycles. The Morgan fingerprint density at radius 1 is 1.17 bits per heavy atom. The van der Waals surface area contributed by atoms with Crippen LogP contribution in [-0.2, 0) is 9.59 Å². The van der Waals surface area contributed by atoms with Gasteiger partial charge >= 0.3 is 6.18 Å². The minimum Gasteiger partial charge on any atom is -0.491 e. The van der Waals surface area contributed by atoms with Crippen molar-refractivity contribution in [2.24, 2.45) is 0 Å². The molecule has 0 unspecified atom stereocenters. The summed E-state index contributed by atoms with van der Waals surface area (Å²) in [5.41, 5.74) is 1.16. The van der Waals surface area contributed by atoms with Gasteiger partial charge in [0.25, 0.3) is 5.91 Å². The molecule has 0 aliphatic carbocycles. The van der Waals surface area contributed by atoms with E-state index in [1.165, 1.54) is 4.90 Å². The molecular weight excluding hydrogens is 403 g/mol. The number of carbonyl (C=O) groups excluding carboxylic acids is 3. The van der Waals surface area contributed by atoms with E-state index in [4.69, 9.17) is 4.74 Å². The molecule has 1 aromatic carbocycles. The zero-order valence-corrected chi connectivity index (χ0v) is 16.8. The van der Waals surface area contributed by atoms with E-state index >= 15 is 0 Å². The Hall–Kier alpha value is -2.78. The summed E-state index contributed by atoms with van der Waals surface area (Å²) in [6.45, 7) is 2.48. The number of aryl methyl sites for hydroxylation is 1. The third-order valence-electron chi connectivity index (χ3n) is 4.54. The monoisotopic (exact) mass is 429 g/mol. The highest BCUT2D eigenvalue weighted by atomic mass is 19.4. The number of ether oxygens (including phenoxy) is 1. The largest absolute Gasteiger partial charge is 0.491 e. The third kappa shape index (κ3) is 7.92. The normalized spacial score (nSPS) is 17.0. The van der Waals surface area contributed by atoms with Crippen LogP contribution in [0.1, 0.15) is 41.6 Å². The highest BCUT2D eigenvalue weighted by Crippen LogP contribution is 2.22. The number of nitrogens with one attached hydrogen (secondary N) is 2. The summed E-state index contributed by atoms with van der Waals surface area (Å²) < 4.78 is 43.0. The molecule has 1 aromatic rings. The van der Waals surface area contributed by atoms with Crippen LogP contribution in [0.25, 0.3) is 0 Å². The van der Waals surface area contributed by atoms with Crippen molar-refractivity contribution in [3.05, 3.63) is 29.3 Å². The van der Waals surface area contributed by atoms with E-state index in [1.54, 1.807) is 18.2 Å². The maximum Gasteiger partial charge on any atom is 0.389 e. The van der Waals surface area contributed by atoms with Crippen LogP contribution in [0.5, 0.6) is 5.75 Å². The van der Waals surface area contributed by atoms with Crippen molar-refractivity contribution in [2.45, 2.75) is 38.8 Å². The Labute approximate surface area is 172 Å². The molecule has 2 N–H and O–H groups in total. The van der Waals surface area contributed by atoms with Crippen molar-refractivity contribution >= 4 is 17.7 Å². The first kappa shape index (κ1) is 23.5. The van der Waals surface area contributed by atoms with Crippen LogP contribution in [0.4, 0.5) is 13.2 Å². The number of benzene rings is 1. The average molecular weight is 429 g/mol. The molecule has 0 spiro atoms. The molecule has 2 rings (SSSR count). The summed E-state index contributed by atoms with van der Waals surface area (Å²) in [5, 5.41) is 5.36. The number of alkyl halides is 3. The smallest absolute Gasteiger partial charge is 0.389 e. The van der Waals surface area contributed by atoms with E-state index in [0.29, 0.717) is 17.7 Å². The first-order valence-electron chi connectivity index (χ1n) is 9.78. The van der Waals surface area contributed by atoms with Crippen LogP contribution in [-0.4, -0.2) is 61.6 Å². The van der Waals surface area contributed by atoms with Gasteiger partial charge in [0.05, 0.1) is 18.5 Å². The zero-order chi connectivity index (χ0) is 22.1. The lowest BCUT2D eigenvalue weighted by Crippen LogP contribution is -2.39. The van der Waals surface area contributed by atoms with E-state index in [-0.39, 0.29) is 45.1 Å².